The van der Waals surface area contributed by atoms with E-state index in [2.05, 4.69) is 75.4 Å². The SMILES string of the molecule is Cc1ccc(SC2=CC(C)(C)C[C@@H]3N=C(Cc4ccccc4)O[C@H]23)cc1. The average molecular weight is 364 g/mol. The van der Waals surface area contributed by atoms with Crippen LogP contribution in [0.5, 0.6) is 0 Å². The molecule has 0 bridgehead atoms. The van der Waals surface area contributed by atoms with Gasteiger partial charge in [-0.1, -0.05) is 79.7 Å². The first kappa shape index (κ1) is 17.4. The van der Waals surface area contributed by atoms with Gasteiger partial charge in [0, 0.05) is 16.2 Å². The molecule has 2 aliphatic rings. The van der Waals surface area contributed by atoms with E-state index in [4.69, 9.17) is 9.73 Å². The largest absolute Gasteiger partial charge is 0.470 e. The van der Waals surface area contributed by atoms with Gasteiger partial charge in [0.25, 0.3) is 0 Å². The Balaban J connectivity index is 1.54. The maximum Gasteiger partial charge on any atom is 0.188 e. The van der Waals surface area contributed by atoms with Crippen molar-refractivity contribution < 1.29 is 4.74 Å². The number of aryl methyl sites for hydroxylation is 1. The fraction of sp³-hybridized carbons (Fsp3) is 0.348. The molecule has 0 N–H and O–H groups in total. The Bertz CT molecular complexity index is 836. The van der Waals surface area contributed by atoms with Crippen LogP contribution in [0.15, 0.2) is 75.5 Å². The molecule has 26 heavy (non-hydrogen) atoms. The van der Waals surface area contributed by atoms with Gasteiger partial charge >= 0.3 is 0 Å². The smallest absolute Gasteiger partial charge is 0.188 e. The summed E-state index contributed by atoms with van der Waals surface area (Å²) in [5, 5.41) is 0. The first-order valence-corrected chi connectivity index (χ1v) is 10.0. The summed E-state index contributed by atoms with van der Waals surface area (Å²) in [6.45, 7) is 6.71. The molecule has 0 unspecified atom stereocenters. The van der Waals surface area contributed by atoms with Crippen LogP contribution in [0.1, 0.15) is 31.4 Å². The molecule has 1 heterocycles. The molecule has 2 aromatic rings. The van der Waals surface area contributed by atoms with E-state index in [0.717, 1.165) is 18.7 Å². The predicted octanol–water partition coefficient (Wildman–Crippen LogP) is 5.81. The molecule has 2 aromatic carbocycles. The third kappa shape index (κ3) is 3.88. The second kappa shape index (κ2) is 6.96. The lowest BCUT2D eigenvalue weighted by atomic mass is 9.79. The maximum atomic E-state index is 6.33. The Labute approximate surface area is 160 Å². The van der Waals surface area contributed by atoms with Crippen LogP contribution in [0.25, 0.3) is 0 Å². The van der Waals surface area contributed by atoms with Crippen LogP contribution in [0.2, 0.25) is 0 Å². The number of hydrogen-bond acceptors (Lipinski definition) is 3. The molecule has 0 amide bonds. The van der Waals surface area contributed by atoms with Gasteiger partial charge in [-0.25, -0.2) is 4.99 Å². The molecular formula is C23H25NOS. The summed E-state index contributed by atoms with van der Waals surface area (Å²) in [7, 11) is 0. The highest BCUT2D eigenvalue weighted by Crippen LogP contribution is 2.45. The third-order valence-electron chi connectivity index (χ3n) is 4.93. The molecular weight excluding hydrogens is 338 g/mol. The zero-order valence-electron chi connectivity index (χ0n) is 15.6. The highest BCUT2D eigenvalue weighted by Gasteiger charge is 2.41. The van der Waals surface area contributed by atoms with Gasteiger partial charge in [-0.2, -0.15) is 0 Å². The molecule has 1 aliphatic carbocycles. The van der Waals surface area contributed by atoms with Crippen molar-refractivity contribution >= 4 is 17.7 Å². The first-order valence-electron chi connectivity index (χ1n) is 9.23. The monoisotopic (exact) mass is 363 g/mol. The number of aliphatic imine (C=N–C) groups is 1. The van der Waals surface area contributed by atoms with Crippen molar-refractivity contribution in [3.05, 3.63) is 76.7 Å². The predicted molar refractivity (Wildman–Crippen MR) is 110 cm³/mol. The summed E-state index contributed by atoms with van der Waals surface area (Å²) in [6.07, 6.45) is 4.26. The van der Waals surface area contributed by atoms with Gasteiger partial charge in [0.2, 0.25) is 0 Å². The molecule has 2 atom stereocenters. The molecule has 0 aromatic heterocycles. The van der Waals surface area contributed by atoms with Crippen molar-refractivity contribution in [1.82, 2.24) is 0 Å². The van der Waals surface area contributed by atoms with E-state index in [-0.39, 0.29) is 17.6 Å². The molecule has 0 radical (unpaired) electrons. The van der Waals surface area contributed by atoms with Crippen molar-refractivity contribution in [3.63, 3.8) is 0 Å². The van der Waals surface area contributed by atoms with E-state index < -0.39 is 0 Å². The summed E-state index contributed by atoms with van der Waals surface area (Å²) < 4.78 is 6.33. The van der Waals surface area contributed by atoms with E-state index in [1.165, 1.54) is 20.9 Å². The second-order valence-electron chi connectivity index (χ2n) is 7.95. The van der Waals surface area contributed by atoms with E-state index in [1.807, 2.05) is 17.8 Å². The van der Waals surface area contributed by atoms with Crippen LogP contribution in [0.3, 0.4) is 0 Å². The van der Waals surface area contributed by atoms with E-state index in [1.54, 1.807) is 0 Å². The van der Waals surface area contributed by atoms with Crippen LogP contribution < -0.4 is 0 Å². The van der Waals surface area contributed by atoms with Crippen LogP contribution in [-0.4, -0.2) is 18.0 Å². The molecule has 3 heteroatoms. The van der Waals surface area contributed by atoms with Crippen LogP contribution in [0, 0.1) is 12.3 Å². The van der Waals surface area contributed by atoms with E-state index in [0.29, 0.717) is 0 Å². The molecule has 0 saturated carbocycles. The van der Waals surface area contributed by atoms with Crippen molar-refractivity contribution in [2.75, 3.05) is 0 Å². The van der Waals surface area contributed by atoms with Gasteiger partial charge in [-0.05, 0) is 36.5 Å². The summed E-state index contributed by atoms with van der Waals surface area (Å²) in [6, 6.07) is 19.4. The summed E-state index contributed by atoms with van der Waals surface area (Å²) >= 11 is 1.82. The molecule has 4 rings (SSSR count). The minimum atomic E-state index is 0.0630. The number of fused-ring (bicyclic) bond motifs is 1. The summed E-state index contributed by atoms with van der Waals surface area (Å²) in [5.41, 5.74) is 2.68. The lowest BCUT2D eigenvalue weighted by Gasteiger charge is -2.33. The number of ether oxygens (including phenoxy) is 1. The second-order valence-corrected chi connectivity index (χ2v) is 9.09. The third-order valence-corrected chi connectivity index (χ3v) is 6.02. The Morgan fingerprint density at radius 1 is 1.08 bits per heavy atom. The Hall–Kier alpha value is -2.00. The number of allylic oxidation sites excluding steroid dienone is 1. The van der Waals surface area contributed by atoms with Crippen molar-refractivity contribution in [1.29, 1.82) is 0 Å². The standard InChI is InChI=1S/C23H25NOS/c1-16-9-11-18(12-10-16)26-20-15-23(2,3)14-19-22(20)25-21(24-19)13-17-7-5-4-6-8-17/h4-12,15,19,22H,13-14H2,1-3H3/t19-,22-/m0/s1. The van der Waals surface area contributed by atoms with Gasteiger partial charge in [-0.15, -0.1) is 0 Å². The van der Waals surface area contributed by atoms with Gasteiger partial charge < -0.3 is 4.74 Å². The van der Waals surface area contributed by atoms with Gasteiger partial charge in [0.1, 0.15) is 0 Å². The molecule has 1 aliphatic heterocycles. The first-order chi connectivity index (χ1) is 12.5. The summed E-state index contributed by atoms with van der Waals surface area (Å²) in [5.74, 6) is 0.874. The number of rotatable bonds is 4. The molecule has 0 fully saturated rings. The van der Waals surface area contributed by atoms with Crippen molar-refractivity contribution in [2.45, 2.75) is 50.7 Å². The Morgan fingerprint density at radius 2 is 1.81 bits per heavy atom. The molecule has 2 nitrogen and oxygen atoms in total. The molecule has 0 spiro atoms. The zero-order chi connectivity index (χ0) is 18.1. The van der Waals surface area contributed by atoms with Crippen LogP contribution in [-0.2, 0) is 11.2 Å². The van der Waals surface area contributed by atoms with E-state index in [9.17, 15) is 0 Å². The Morgan fingerprint density at radius 3 is 2.54 bits per heavy atom. The number of thioether (sulfide) groups is 1. The van der Waals surface area contributed by atoms with Crippen molar-refractivity contribution in [2.24, 2.45) is 10.4 Å². The maximum absolute atomic E-state index is 6.33. The number of benzene rings is 2. The lowest BCUT2D eigenvalue weighted by Crippen LogP contribution is -2.33. The fourth-order valence-electron chi connectivity index (χ4n) is 3.66. The normalized spacial score (nSPS) is 23.7. The van der Waals surface area contributed by atoms with Gasteiger partial charge in [0.15, 0.2) is 12.0 Å². The van der Waals surface area contributed by atoms with Gasteiger partial charge in [-0.3, -0.25) is 0 Å². The Kier molecular flexibility index (Phi) is 4.66. The average Bonchev–Trinajstić information content (AvgIpc) is 2.99. The number of hydrogen-bond donors (Lipinski definition) is 0. The summed E-state index contributed by atoms with van der Waals surface area (Å²) in [4.78, 5) is 7.50. The molecule has 0 saturated heterocycles. The number of nitrogens with zero attached hydrogens (tertiary/aromatic N) is 1. The van der Waals surface area contributed by atoms with Crippen LogP contribution in [0.4, 0.5) is 0 Å². The molecule has 134 valence electrons. The quantitative estimate of drug-likeness (QED) is 0.684. The van der Waals surface area contributed by atoms with Gasteiger partial charge in [0.05, 0.1) is 6.04 Å². The van der Waals surface area contributed by atoms with E-state index >= 15 is 0 Å². The minimum absolute atomic E-state index is 0.0630. The lowest BCUT2D eigenvalue weighted by molar-refractivity contribution is 0.194. The topological polar surface area (TPSA) is 21.6 Å². The fourth-order valence-corrected chi connectivity index (χ4v) is 4.91. The minimum Gasteiger partial charge on any atom is -0.470 e. The highest BCUT2D eigenvalue weighted by atomic mass is 32.2. The van der Waals surface area contributed by atoms with Crippen molar-refractivity contribution in [3.8, 4) is 0 Å². The highest BCUT2D eigenvalue weighted by molar-refractivity contribution is 8.03. The van der Waals surface area contributed by atoms with Crippen LogP contribution >= 0.6 is 11.8 Å². The zero-order valence-corrected chi connectivity index (χ0v) is 16.4.